The SMILES string of the molecule is CCNc1ccnc(-c2ccccc2OCCOC)c1. The van der Waals surface area contributed by atoms with Gasteiger partial charge in [0, 0.05) is 31.1 Å². The standard InChI is InChI=1S/C16H20N2O2/c1-3-17-13-8-9-18-15(12-13)14-6-4-5-7-16(14)20-11-10-19-2/h4-9,12H,3,10-11H2,1-2H3,(H,17,18). The van der Waals surface area contributed by atoms with Gasteiger partial charge in [-0.25, -0.2) is 0 Å². The Morgan fingerprint density at radius 3 is 2.80 bits per heavy atom. The van der Waals surface area contributed by atoms with Crippen molar-refractivity contribution in [2.75, 3.05) is 32.2 Å². The van der Waals surface area contributed by atoms with Crippen molar-refractivity contribution in [3.05, 3.63) is 42.6 Å². The van der Waals surface area contributed by atoms with Crippen molar-refractivity contribution in [1.29, 1.82) is 0 Å². The summed E-state index contributed by atoms with van der Waals surface area (Å²) in [7, 11) is 1.66. The average Bonchev–Trinajstić information content (AvgIpc) is 2.49. The van der Waals surface area contributed by atoms with Crippen LogP contribution in [0.5, 0.6) is 5.75 Å². The van der Waals surface area contributed by atoms with Gasteiger partial charge in [-0.05, 0) is 31.2 Å². The Balaban J connectivity index is 2.24. The molecule has 0 aliphatic heterocycles. The summed E-state index contributed by atoms with van der Waals surface area (Å²) in [6.07, 6.45) is 1.80. The number of aromatic nitrogens is 1. The molecule has 1 heterocycles. The molecule has 0 radical (unpaired) electrons. The lowest BCUT2D eigenvalue weighted by Crippen LogP contribution is -2.05. The molecular formula is C16H20N2O2. The smallest absolute Gasteiger partial charge is 0.128 e. The van der Waals surface area contributed by atoms with Crippen molar-refractivity contribution in [3.8, 4) is 17.0 Å². The predicted octanol–water partition coefficient (Wildman–Crippen LogP) is 3.21. The molecule has 20 heavy (non-hydrogen) atoms. The Labute approximate surface area is 119 Å². The molecule has 0 spiro atoms. The number of anilines is 1. The van der Waals surface area contributed by atoms with Crippen LogP contribution in [0.15, 0.2) is 42.6 Å². The Bertz CT molecular complexity index is 544. The van der Waals surface area contributed by atoms with Crippen LogP contribution in [0.25, 0.3) is 11.3 Å². The molecule has 0 saturated heterocycles. The first-order chi connectivity index (χ1) is 9.85. The minimum atomic E-state index is 0.528. The highest BCUT2D eigenvalue weighted by Crippen LogP contribution is 2.29. The summed E-state index contributed by atoms with van der Waals surface area (Å²) >= 11 is 0. The lowest BCUT2D eigenvalue weighted by atomic mass is 10.1. The number of ether oxygens (including phenoxy) is 2. The Kier molecular flexibility index (Phi) is 5.38. The molecule has 106 valence electrons. The number of benzene rings is 1. The second-order valence-corrected chi connectivity index (χ2v) is 4.30. The second kappa shape index (κ2) is 7.50. The maximum absolute atomic E-state index is 5.75. The van der Waals surface area contributed by atoms with Crippen molar-refractivity contribution in [1.82, 2.24) is 4.98 Å². The lowest BCUT2D eigenvalue weighted by molar-refractivity contribution is 0.146. The molecule has 0 unspecified atom stereocenters. The molecule has 4 heteroatoms. The average molecular weight is 272 g/mol. The van der Waals surface area contributed by atoms with Gasteiger partial charge in [0.15, 0.2) is 0 Å². The van der Waals surface area contributed by atoms with E-state index in [4.69, 9.17) is 9.47 Å². The van der Waals surface area contributed by atoms with Gasteiger partial charge in [0.1, 0.15) is 12.4 Å². The quantitative estimate of drug-likeness (QED) is 0.786. The Morgan fingerprint density at radius 1 is 1.15 bits per heavy atom. The fraction of sp³-hybridized carbons (Fsp3) is 0.312. The maximum Gasteiger partial charge on any atom is 0.128 e. The minimum Gasteiger partial charge on any atom is -0.490 e. The summed E-state index contributed by atoms with van der Waals surface area (Å²) in [6.45, 7) is 4.05. The van der Waals surface area contributed by atoms with E-state index >= 15 is 0 Å². The van der Waals surface area contributed by atoms with Crippen molar-refractivity contribution < 1.29 is 9.47 Å². The first-order valence-corrected chi connectivity index (χ1v) is 6.76. The van der Waals surface area contributed by atoms with Gasteiger partial charge < -0.3 is 14.8 Å². The van der Waals surface area contributed by atoms with Crippen molar-refractivity contribution >= 4 is 5.69 Å². The van der Waals surface area contributed by atoms with Gasteiger partial charge in [-0.2, -0.15) is 0 Å². The summed E-state index contributed by atoms with van der Waals surface area (Å²) in [4.78, 5) is 4.43. The summed E-state index contributed by atoms with van der Waals surface area (Å²) < 4.78 is 10.8. The topological polar surface area (TPSA) is 43.4 Å². The molecule has 1 N–H and O–H groups in total. The number of pyridine rings is 1. The summed E-state index contributed by atoms with van der Waals surface area (Å²) in [5.41, 5.74) is 2.95. The molecule has 1 aromatic heterocycles. The molecular weight excluding hydrogens is 252 g/mol. The molecule has 2 rings (SSSR count). The lowest BCUT2D eigenvalue weighted by Gasteiger charge is -2.11. The van der Waals surface area contributed by atoms with E-state index in [1.165, 1.54) is 0 Å². The van der Waals surface area contributed by atoms with Gasteiger partial charge >= 0.3 is 0 Å². The van der Waals surface area contributed by atoms with Crippen LogP contribution >= 0.6 is 0 Å². The van der Waals surface area contributed by atoms with Crippen LogP contribution in [-0.2, 0) is 4.74 Å². The van der Waals surface area contributed by atoms with Gasteiger partial charge in [-0.3, -0.25) is 4.98 Å². The highest BCUT2D eigenvalue weighted by Gasteiger charge is 2.07. The van der Waals surface area contributed by atoms with E-state index in [1.807, 2.05) is 36.4 Å². The number of nitrogens with zero attached hydrogens (tertiary/aromatic N) is 1. The highest BCUT2D eigenvalue weighted by molar-refractivity contribution is 5.69. The molecule has 4 nitrogen and oxygen atoms in total. The third-order valence-electron chi connectivity index (χ3n) is 2.85. The Hall–Kier alpha value is -2.07. The van der Waals surface area contributed by atoms with E-state index in [0.29, 0.717) is 13.2 Å². The van der Waals surface area contributed by atoms with Gasteiger partial charge in [0.2, 0.25) is 0 Å². The van der Waals surface area contributed by atoms with Crippen LogP contribution in [-0.4, -0.2) is 31.9 Å². The number of hydrogen-bond acceptors (Lipinski definition) is 4. The highest BCUT2D eigenvalue weighted by atomic mass is 16.5. The first kappa shape index (κ1) is 14.3. The van der Waals surface area contributed by atoms with Crippen molar-refractivity contribution in [2.45, 2.75) is 6.92 Å². The van der Waals surface area contributed by atoms with Crippen LogP contribution in [0.1, 0.15) is 6.92 Å². The predicted molar refractivity (Wildman–Crippen MR) is 81.2 cm³/mol. The van der Waals surface area contributed by atoms with Crippen LogP contribution in [0, 0.1) is 0 Å². The third kappa shape index (κ3) is 3.71. The molecule has 0 aliphatic rings. The molecule has 1 aromatic carbocycles. The zero-order valence-electron chi connectivity index (χ0n) is 11.9. The maximum atomic E-state index is 5.75. The number of methoxy groups -OCH3 is 1. The van der Waals surface area contributed by atoms with Crippen molar-refractivity contribution in [2.24, 2.45) is 0 Å². The molecule has 0 aliphatic carbocycles. The minimum absolute atomic E-state index is 0.528. The van der Waals surface area contributed by atoms with Crippen LogP contribution in [0.3, 0.4) is 0 Å². The van der Waals surface area contributed by atoms with Crippen LogP contribution < -0.4 is 10.1 Å². The number of nitrogens with one attached hydrogen (secondary N) is 1. The molecule has 0 fully saturated rings. The molecule has 0 saturated carbocycles. The van der Waals surface area contributed by atoms with Gasteiger partial charge in [0.05, 0.1) is 12.3 Å². The van der Waals surface area contributed by atoms with Gasteiger partial charge in [-0.1, -0.05) is 12.1 Å². The monoisotopic (exact) mass is 272 g/mol. The van der Waals surface area contributed by atoms with E-state index in [1.54, 1.807) is 13.3 Å². The zero-order valence-corrected chi connectivity index (χ0v) is 11.9. The number of hydrogen-bond donors (Lipinski definition) is 1. The third-order valence-corrected chi connectivity index (χ3v) is 2.85. The Morgan fingerprint density at radius 2 is 2.00 bits per heavy atom. The van der Waals surface area contributed by atoms with E-state index in [-0.39, 0.29) is 0 Å². The fourth-order valence-electron chi connectivity index (χ4n) is 1.93. The molecule has 0 atom stereocenters. The van der Waals surface area contributed by atoms with E-state index in [2.05, 4.69) is 17.2 Å². The van der Waals surface area contributed by atoms with Crippen molar-refractivity contribution in [3.63, 3.8) is 0 Å². The summed E-state index contributed by atoms with van der Waals surface area (Å²) in [6, 6.07) is 11.9. The van der Waals surface area contributed by atoms with E-state index in [0.717, 1.165) is 29.2 Å². The largest absolute Gasteiger partial charge is 0.490 e. The summed E-state index contributed by atoms with van der Waals surface area (Å²) in [5, 5.41) is 3.29. The second-order valence-electron chi connectivity index (χ2n) is 4.30. The van der Waals surface area contributed by atoms with Gasteiger partial charge in [-0.15, -0.1) is 0 Å². The molecule has 2 aromatic rings. The molecule has 0 amide bonds. The summed E-state index contributed by atoms with van der Waals surface area (Å²) in [5.74, 6) is 0.825. The van der Waals surface area contributed by atoms with Crippen LogP contribution in [0.2, 0.25) is 0 Å². The number of para-hydroxylation sites is 1. The van der Waals surface area contributed by atoms with E-state index < -0.39 is 0 Å². The molecule has 0 bridgehead atoms. The number of rotatable bonds is 7. The van der Waals surface area contributed by atoms with Crippen LogP contribution in [0.4, 0.5) is 5.69 Å². The fourth-order valence-corrected chi connectivity index (χ4v) is 1.93. The van der Waals surface area contributed by atoms with Gasteiger partial charge in [0.25, 0.3) is 0 Å². The normalized spacial score (nSPS) is 10.3. The first-order valence-electron chi connectivity index (χ1n) is 6.76. The zero-order chi connectivity index (χ0) is 14.2. The van der Waals surface area contributed by atoms with E-state index in [9.17, 15) is 0 Å².